The number of methoxy groups -OCH3 is 2. The highest BCUT2D eigenvalue weighted by Crippen LogP contribution is 2.35. The quantitative estimate of drug-likeness (QED) is 0.801. The van der Waals surface area contributed by atoms with Gasteiger partial charge in [0.2, 0.25) is 0 Å². The first-order chi connectivity index (χ1) is 12.6. The molecule has 0 saturated heterocycles. The Morgan fingerprint density at radius 3 is 2.69 bits per heavy atom. The second-order valence-electron chi connectivity index (χ2n) is 6.13. The Kier molecular flexibility index (Phi) is 6.16. The normalized spacial score (nSPS) is 20.7. The van der Waals surface area contributed by atoms with Gasteiger partial charge in [-0.25, -0.2) is 23.3 Å². The van der Waals surface area contributed by atoms with Crippen LogP contribution in [0.2, 0.25) is 0 Å². The summed E-state index contributed by atoms with van der Waals surface area (Å²) in [5.74, 6) is 1.46. The lowest BCUT2D eigenvalue weighted by molar-refractivity contribution is 0.391. The Labute approximate surface area is 154 Å². The Bertz CT molecular complexity index is 773. The van der Waals surface area contributed by atoms with E-state index < -0.39 is 16.8 Å². The van der Waals surface area contributed by atoms with Gasteiger partial charge in [-0.1, -0.05) is 12.5 Å². The molecular weight excluding hydrogens is 357 g/mol. The first-order valence-corrected chi connectivity index (χ1v) is 9.66. The van der Waals surface area contributed by atoms with Gasteiger partial charge < -0.3 is 9.47 Å². The third-order valence-electron chi connectivity index (χ3n) is 4.60. The number of aromatic nitrogens is 2. The van der Waals surface area contributed by atoms with E-state index in [1.807, 2.05) is 12.1 Å². The maximum atomic E-state index is 13.0. The van der Waals surface area contributed by atoms with Gasteiger partial charge in [-0.15, -0.1) is 0 Å². The number of nitrogens with zero attached hydrogens (tertiary/aromatic N) is 2. The van der Waals surface area contributed by atoms with Crippen LogP contribution in [0, 0.1) is 5.82 Å². The third kappa shape index (κ3) is 4.19. The standard InChI is InChI=1S/C18H22FN3O3S/c1-24-14-7-6-12(16(8-14)25-2)9-22-26(23)17-5-3-4-15(17)18-20-10-13(19)11-21-18/h6-8,10-11,15,17,22H,3-5,9H2,1-2H3. The molecule has 1 heterocycles. The molecule has 8 heteroatoms. The number of rotatable bonds is 7. The van der Waals surface area contributed by atoms with Gasteiger partial charge in [0.25, 0.3) is 0 Å². The maximum absolute atomic E-state index is 13.0. The summed E-state index contributed by atoms with van der Waals surface area (Å²) in [5, 5.41) is -0.0929. The van der Waals surface area contributed by atoms with Crippen molar-refractivity contribution in [2.75, 3.05) is 14.2 Å². The predicted octanol–water partition coefficient (Wildman–Crippen LogP) is 2.72. The van der Waals surface area contributed by atoms with Crippen LogP contribution >= 0.6 is 0 Å². The third-order valence-corrected chi connectivity index (χ3v) is 6.14. The summed E-state index contributed by atoms with van der Waals surface area (Å²) in [6.45, 7) is 0.410. The molecule has 0 amide bonds. The highest BCUT2D eigenvalue weighted by Gasteiger charge is 2.35. The number of hydrogen-bond acceptors (Lipinski definition) is 5. The van der Waals surface area contributed by atoms with Crippen LogP contribution < -0.4 is 14.2 Å². The van der Waals surface area contributed by atoms with Crippen molar-refractivity contribution in [3.63, 3.8) is 0 Å². The van der Waals surface area contributed by atoms with Gasteiger partial charge in [0.15, 0.2) is 5.82 Å². The zero-order valence-electron chi connectivity index (χ0n) is 14.8. The summed E-state index contributed by atoms with van der Waals surface area (Å²) in [6, 6.07) is 5.52. The summed E-state index contributed by atoms with van der Waals surface area (Å²) >= 11 is 0. The minimum Gasteiger partial charge on any atom is -0.497 e. The average molecular weight is 379 g/mol. The number of halogens is 1. The van der Waals surface area contributed by atoms with Crippen LogP contribution in [-0.4, -0.2) is 33.6 Å². The van der Waals surface area contributed by atoms with Crippen LogP contribution in [0.5, 0.6) is 11.5 Å². The molecule has 3 rings (SSSR count). The molecule has 26 heavy (non-hydrogen) atoms. The van der Waals surface area contributed by atoms with Crippen molar-refractivity contribution in [2.24, 2.45) is 0 Å². The molecule has 1 aliphatic carbocycles. The van der Waals surface area contributed by atoms with Crippen LogP contribution in [0.1, 0.15) is 36.6 Å². The minimum atomic E-state index is -1.26. The molecule has 3 unspecified atom stereocenters. The number of nitrogens with one attached hydrogen (secondary N) is 1. The molecule has 140 valence electrons. The molecule has 1 aromatic carbocycles. The van der Waals surface area contributed by atoms with E-state index in [1.165, 1.54) is 0 Å². The van der Waals surface area contributed by atoms with Crippen LogP contribution in [0.4, 0.5) is 4.39 Å². The Hall–Kier alpha value is -2.06. The molecule has 3 atom stereocenters. The van der Waals surface area contributed by atoms with Gasteiger partial charge in [0.05, 0.1) is 42.8 Å². The van der Waals surface area contributed by atoms with Crippen molar-refractivity contribution in [3.05, 3.63) is 47.8 Å². The molecule has 0 aliphatic heterocycles. The molecule has 0 spiro atoms. The molecule has 1 aromatic heterocycles. The number of benzene rings is 1. The van der Waals surface area contributed by atoms with E-state index in [9.17, 15) is 8.60 Å². The van der Waals surface area contributed by atoms with Gasteiger partial charge in [-0.3, -0.25) is 0 Å². The lowest BCUT2D eigenvalue weighted by atomic mass is 10.1. The topological polar surface area (TPSA) is 73.3 Å². The molecular formula is C18H22FN3O3S. The Morgan fingerprint density at radius 1 is 1.23 bits per heavy atom. The van der Waals surface area contributed by atoms with Crippen molar-refractivity contribution in [3.8, 4) is 11.5 Å². The van der Waals surface area contributed by atoms with Crippen LogP contribution in [0.25, 0.3) is 0 Å². The van der Waals surface area contributed by atoms with E-state index >= 15 is 0 Å². The van der Waals surface area contributed by atoms with Gasteiger partial charge in [-0.2, -0.15) is 0 Å². The smallest absolute Gasteiger partial charge is 0.159 e. The van der Waals surface area contributed by atoms with Gasteiger partial charge in [0.1, 0.15) is 17.3 Å². The lowest BCUT2D eigenvalue weighted by Crippen LogP contribution is -2.30. The van der Waals surface area contributed by atoms with Crippen LogP contribution in [0.3, 0.4) is 0 Å². The zero-order chi connectivity index (χ0) is 18.5. The Morgan fingerprint density at radius 2 is 2.00 bits per heavy atom. The van der Waals surface area contributed by atoms with E-state index in [0.29, 0.717) is 23.9 Å². The van der Waals surface area contributed by atoms with E-state index in [2.05, 4.69) is 14.7 Å². The fourth-order valence-corrected chi connectivity index (χ4v) is 4.69. The van der Waals surface area contributed by atoms with Gasteiger partial charge in [0, 0.05) is 24.1 Å². The SMILES string of the molecule is COc1ccc(CNS(=O)C2CCCC2c2ncc(F)cn2)c(OC)c1. The summed E-state index contributed by atoms with van der Waals surface area (Å²) in [7, 11) is 1.93. The van der Waals surface area contributed by atoms with E-state index in [4.69, 9.17) is 9.47 Å². The van der Waals surface area contributed by atoms with Crippen molar-refractivity contribution in [1.82, 2.24) is 14.7 Å². The van der Waals surface area contributed by atoms with Gasteiger partial charge in [-0.05, 0) is 18.9 Å². The molecule has 2 aromatic rings. The van der Waals surface area contributed by atoms with Crippen LogP contribution in [0.15, 0.2) is 30.6 Å². The fraction of sp³-hybridized carbons (Fsp3) is 0.444. The molecule has 6 nitrogen and oxygen atoms in total. The number of ether oxygens (including phenoxy) is 2. The first-order valence-electron chi connectivity index (χ1n) is 8.44. The van der Waals surface area contributed by atoms with Gasteiger partial charge >= 0.3 is 0 Å². The molecule has 0 bridgehead atoms. The molecule has 0 radical (unpaired) electrons. The zero-order valence-corrected chi connectivity index (χ0v) is 15.6. The summed E-state index contributed by atoms with van der Waals surface area (Å²) in [5.41, 5.74) is 0.897. The van der Waals surface area contributed by atoms with E-state index in [1.54, 1.807) is 20.3 Å². The van der Waals surface area contributed by atoms with Crippen molar-refractivity contribution < 1.29 is 18.1 Å². The second-order valence-corrected chi connectivity index (χ2v) is 7.62. The van der Waals surface area contributed by atoms with Crippen molar-refractivity contribution in [2.45, 2.75) is 37.0 Å². The highest BCUT2D eigenvalue weighted by molar-refractivity contribution is 7.83. The van der Waals surface area contributed by atoms with Crippen molar-refractivity contribution in [1.29, 1.82) is 0 Å². The molecule has 1 saturated carbocycles. The summed E-state index contributed by atoms with van der Waals surface area (Å²) in [4.78, 5) is 8.15. The monoisotopic (exact) mass is 379 g/mol. The lowest BCUT2D eigenvalue weighted by Gasteiger charge is -2.19. The largest absolute Gasteiger partial charge is 0.497 e. The van der Waals surface area contributed by atoms with Crippen molar-refractivity contribution >= 4 is 11.0 Å². The fourth-order valence-electron chi connectivity index (χ4n) is 3.25. The number of hydrogen-bond donors (Lipinski definition) is 1. The second kappa shape index (κ2) is 8.55. The van der Waals surface area contributed by atoms with E-state index in [-0.39, 0.29) is 11.2 Å². The maximum Gasteiger partial charge on any atom is 0.159 e. The molecule has 1 aliphatic rings. The highest BCUT2D eigenvalue weighted by atomic mass is 32.2. The Balaban J connectivity index is 1.67. The predicted molar refractivity (Wildman–Crippen MR) is 96.9 cm³/mol. The average Bonchev–Trinajstić information content (AvgIpc) is 3.16. The summed E-state index contributed by atoms with van der Waals surface area (Å²) in [6.07, 6.45) is 4.96. The molecule has 1 N–H and O–H groups in total. The van der Waals surface area contributed by atoms with E-state index in [0.717, 1.165) is 37.2 Å². The minimum absolute atomic E-state index is 0.0262. The first kappa shape index (κ1) is 18.7. The molecule has 1 fully saturated rings. The summed E-state index contributed by atoms with van der Waals surface area (Å²) < 4.78 is 39.5. The van der Waals surface area contributed by atoms with Crippen LogP contribution in [-0.2, 0) is 17.5 Å².